The summed E-state index contributed by atoms with van der Waals surface area (Å²) < 4.78 is 10.2. The van der Waals surface area contributed by atoms with Gasteiger partial charge in [0, 0.05) is 24.2 Å². The molecule has 148 valence electrons. The van der Waals surface area contributed by atoms with E-state index in [0.29, 0.717) is 5.92 Å². The molecule has 0 aliphatic heterocycles. The van der Waals surface area contributed by atoms with E-state index in [1.165, 1.54) is 26.0 Å². The molecule has 1 aliphatic rings. The van der Waals surface area contributed by atoms with Gasteiger partial charge in [0.15, 0.2) is 0 Å². The Hall–Kier alpha value is -2.89. The van der Waals surface area contributed by atoms with Crippen molar-refractivity contribution >= 4 is 29.0 Å². The second-order valence-corrected chi connectivity index (χ2v) is 7.76. The highest BCUT2D eigenvalue weighted by Crippen LogP contribution is 2.37. The van der Waals surface area contributed by atoms with E-state index in [1.54, 1.807) is 12.3 Å². The van der Waals surface area contributed by atoms with E-state index < -0.39 is 17.7 Å². The van der Waals surface area contributed by atoms with Gasteiger partial charge in [0.25, 0.3) is 0 Å². The quantitative estimate of drug-likeness (QED) is 0.573. The van der Waals surface area contributed by atoms with Gasteiger partial charge in [-0.25, -0.2) is 9.59 Å². The van der Waals surface area contributed by atoms with Crippen LogP contribution in [0.5, 0.6) is 0 Å². The summed E-state index contributed by atoms with van der Waals surface area (Å²) in [6.07, 6.45) is 7.65. The van der Waals surface area contributed by atoms with Crippen molar-refractivity contribution in [3.8, 4) is 0 Å². The highest BCUT2D eigenvalue weighted by molar-refractivity contribution is 5.89. The number of nitrogens with one attached hydrogen (secondary N) is 1. The number of carbonyl (C=O) groups excluding carboxylic acids is 2. The number of alkyl carbamates (subject to hydrolysis) is 1. The molecule has 2 aromatic rings. The maximum Gasteiger partial charge on any atom is 0.407 e. The summed E-state index contributed by atoms with van der Waals surface area (Å²) in [4.78, 5) is 28.1. The smallest absolute Gasteiger partial charge is 0.407 e. The Balaban J connectivity index is 1.72. The number of fused-ring (bicyclic) bond motifs is 1. The lowest BCUT2D eigenvalue weighted by atomic mass is 10.0. The molecule has 0 spiro atoms. The van der Waals surface area contributed by atoms with Crippen molar-refractivity contribution in [3.05, 3.63) is 47.7 Å². The average Bonchev–Trinajstić information content (AvgIpc) is 3.46. The van der Waals surface area contributed by atoms with Gasteiger partial charge in [-0.2, -0.15) is 0 Å². The molecule has 1 fully saturated rings. The van der Waals surface area contributed by atoms with Gasteiger partial charge < -0.3 is 14.8 Å². The molecule has 0 radical (unpaired) electrons. The minimum absolute atomic E-state index is 0.283. The first kappa shape index (κ1) is 19.9. The maximum absolute atomic E-state index is 12.3. The number of carbonyl (C=O) groups is 2. The molecule has 3 rings (SSSR count). The number of methoxy groups -OCH3 is 1. The van der Waals surface area contributed by atoms with Crippen molar-refractivity contribution in [2.24, 2.45) is 5.92 Å². The number of ether oxygens (including phenoxy) is 2. The number of hydrogen-bond donors (Lipinski definition) is 1. The molecule has 1 N–H and O–H groups in total. The Morgan fingerprint density at radius 1 is 1.32 bits per heavy atom. The molecule has 1 saturated carbocycles. The fourth-order valence-electron chi connectivity index (χ4n) is 3.27. The third-order valence-corrected chi connectivity index (χ3v) is 4.69. The lowest BCUT2D eigenvalue weighted by molar-refractivity contribution is -0.134. The average molecular weight is 382 g/mol. The molecule has 1 aliphatic carbocycles. The summed E-state index contributed by atoms with van der Waals surface area (Å²) in [5.74, 6) is 0.252. The summed E-state index contributed by atoms with van der Waals surface area (Å²) in [6, 6.07) is 7.62. The second-order valence-electron chi connectivity index (χ2n) is 7.76. The standard InChI is InChI=1S/C22H26N2O4/c1-22(2,13-15-6-7-15)28-21(26)24-14-18-12-16(8-9-19(25)27-3)11-17-5-4-10-23-20(17)18/h4-5,8-12,15H,6-7,13-14H2,1-3H3,(H,24,26). The lowest BCUT2D eigenvalue weighted by Gasteiger charge is -2.25. The topological polar surface area (TPSA) is 77.5 Å². The number of esters is 1. The fraction of sp³-hybridized carbons (Fsp3) is 0.409. The molecule has 1 aromatic carbocycles. The molecule has 1 aromatic heterocycles. The first-order valence-electron chi connectivity index (χ1n) is 9.47. The van der Waals surface area contributed by atoms with Crippen molar-refractivity contribution in [3.63, 3.8) is 0 Å². The van der Waals surface area contributed by atoms with Crippen molar-refractivity contribution in [2.75, 3.05) is 7.11 Å². The van der Waals surface area contributed by atoms with Crippen LogP contribution in [0.2, 0.25) is 0 Å². The Bertz CT molecular complexity index is 901. The number of amides is 1. The van der Waals surface area contributed by atoms with Crippen LogP contribution in [0.25, 0.3) is 17.0 Å². The van der Waals surface area contributed by atoms with Gasteiger partial charge in [-0.1, -0.05) is 18.9 Å². The Labute approximate surface area is 164 Å². The highest BCUT2D eigenvalue weighted by atomic mass is 16.6. The molecular formula is C22H26N2O4. The van der Waals surface area contributed by atoms with Crippen LogP contribution in [0.3, 0.4) is 0 Å². The predicted octanol–water partition coefficient (Wildman–Crippen LogP) is 4.23. The third-order valence-electron chi connectivity index (χ3n) is 4.69. The summed E-state index contributed by atoms with van der Waals surface area (Å²) in [6.45, 7) is 4.17. The van der Waals surface area contributed by atoms with Crippen LogP contribution in [0.15, 0.2) is 36.5 Å². The summed E-state index contributed by atoms with van der Waals surface area (Å²) >= 11 is 0. The SMILES string of the molecule is COC(=O)C=Cc1cc(CNC(=O)OC(C)(C)CC2CC2)c2ncccc2c1. The minimum Gasteiger partial charge on any atom is -0.466 e. The van der Waals surface area contributed by atoms with Crippen LogP contribution < -0.4 is 5.32 Å². The zero-order valence-electron chi connectivity index (χ0n) is 16.5. The first-order valence-corrected chi connectivity index (χ1v) is 9.47. The van der Waals surface area contributed by atoms with Crippen molar-refractivity contribution in [1.29, 1.82) is 0 Å². The molecule has 28 heavy (non-hydrogen) atoms. The summed E-state index contributed by atoms with van der Waals surface area (Å²) in [7, 11) is 1.34. The van der Waals surface area contributed by atoms with Gasteiger partial charge in [0.2, 0.25) is 0 Å². The molecule has 6 heteroatoms. The van der Waals surface area contributed by atoms with Gasteiger partial charge in [-0.05, 0) is 61.6 Å². The zero-order chi connectivity index (χ0) is 20.1. The Kier molecular flexibility index (Phi) is 5.97. The van der Waals surface area contributed by atoms with E-state index in [2.05, 4.69) is 15.0 Å². The largest absolute Gasteiger partial charge is 0.466 e. The molecule has 0 saturated heterocycles. The van der Waals surface area contributed by atoms with E-state index >= 15 is 0 Å². The predicted molar refractivity (Wildman–Crippen MR) is 108 cm³/mol. The van der Waals surface area contributed by atoms with Gasteiger partial charge in [-0.3, -0.25) is 4.98 Å². The van der Waals surface area contributed by atoms with Crippen LogP contribution in [0, 0.1) is 5.92 Å². The number of pyridine rings is 1. The van der Waals surface area contributed by atoms with E-state index in [1.807, 2.05) is 38.1 Å². The summed E-state index contributed by atoms with van der Waals surface area (Å²) in [5, 5.41) is 3.75. The third kappa shape index (κ3) is 5.55. The molecule has 0 unspecified atom stereocenters. The van der Waals surface area contributed by atoms with Crippen LogP contribution in [0.4, 0.5) is 4.79 Å². The van der Waals surface area contributed by atoms with Gasteiger partial charge in [-0.15, -0.1) is 0 Å². The van der Waals surface area contributed by atoms with E-state index in [9.17, 15) is 9.59 Å². The van der Waals surface area contributed by atoms with Crippen LogP contribution in [0.1, 0.15) is 44.2 Å². The van der Waals surface area contributed by atoms with Gasteiger partial charge >= 0.3 is 12.1 Å². The van der Waals surface area contributed by atoms with E-state index in [0.717, 1.165) is 28.5 Å². The van der Waals surface area contributed by atoms with Crippen LogP contribution >= 0.6 is 0 Å². The van der Waals surface area contributed by atoms with E-state index in [4.69, 9.17) is 4.74 Å². The van der Waals surface area contributed by atoms with Crippen molar-refractivity contribution < 1.29 is 19.1 Å². The Morgan fingerprint density at radius 2 is 2.11 bits per heavy atom. The monoisotopic (exact) mass is 382 g/mol. The lowest BCUT2D eigenvalue weighted by Crippen LogP contribution is -2.34. The van der Waals surface area contributed by atoms with Gasteiger partial charge in [0.1, 0.15) is 5.60 Å². The van der Waals surface area contributed by atoms with Gasteiger partial charge in [0.05, 0.1) is 12.6 Å². The number of nitrogens with zero attached hydrogens (tertiary/aromatic N) is 1. The maximum atomic E-state index is 12.3. The van der Waals surface area contributed by atoms with E-state index in [-0.39, 0.29) is 6.54 Å². The highest BCUT2D eigenvalue weighted by Gasteiger charge is 2.32. The second kappa shape index (κ2) is 8.42. The van der Waals surface area contributed by atoms with Crippen LogP contribution in [-0.4, -0.2) is 29.8 Å². The number of benzene rings is 1. The molecule has 6 nitrogen and oxygen atoms in total. The normalized spacial score (nSPS) is 14.2. The number of hydrogen-bond acceptors (Lipinski definition) is 5. The van der Waals surface area contributed by atoms with Crippen molar-refractivity contribution in [2.45, 2.75) is 45.3 Å². The molecule has 0 bridgehead atoms. The molecule has 1 heterocycles. The molecule has 1 amide bonds. The van der Waals surface area contributed by atoms with Crippen LogP contribution in [-0.2, 0) is 20.8 Å². The number of rotatable bonds is 7. The fourth-order valence-corrected chi connectivity index (χ4v) is 3.27. The molecular weight excluding hydrogens is 356 g/mol. The summed E-state index contributed by atoms with van der Waals surface area (Å²) in [5.41, 5.74) is 2.00. The first-order chi connectivity index (χ1) is 13.4. The van der Waals surface area contributed by atoms with Crippen molar-refractivity contribution in [1.82, 2.24) is 10.3 Å². The molecule has 0 atom stereocenters. The number of aromatic nitrogens is 1. The zero-order valence-corrected chi connectivity index (χ0v) is 16.5. The Morgan fingerprint density at radius 3 is 2.82 bits per heavy atom. The minimum atomic E-state index is -0.476.